The highest BCUT2D eigenvalue weighted by Crippen LogP contribution is 2.23. The fourth-order valence-corrected chi connectivity index (χ4v) is 3.59. The number of hydrogen-bond donors (Lipinski definition) is 2. The summed E-state index contributed by atoms with van der Waals surface area (Å²) in [7, 11) is -3.82. The number of aromatic nitrogens is 1. The van der Waals surface area contributed by atoms with Gasteiger partial charge in [0.1, 0.15) is 18.2 Å². The summed E-state index contributed by atoms with van der Waals surface area (Å²) in [4.78, 5) is 3.94. The molecule has 0 amide bonds. The number of halogens is 2. The second kappa shape index (κ2) is 10.1. The molecule has 0 bridgehead atoms. The number of aryl methyl sites for hydroxylation is 1. The highest BCUT2D eigenvalue weighted by molar-refractivity contribution is 7.92. The molecule has 1 heterocycles. The topological polar surface area (TPSA) is 80.3 Å². The van der Waals surface area contributed by atoms with Gasteiger partial charge in [-0.3, -0.25) is 9.71 Å². The molecular formula is C20H21ClFN3O3S. The van der Waals surface area contributed by atoms with E-state index in [1.807, 2.05) is 25.1 Å². The number of hydrogen-bond acceptors (Lipinski definition) is 5. The quantitative estimate of drug-likeness (QED) is 0.515. The molecule has 9 heteroatoms. The molecule has 0 unspecified atom stereocenters. The number of sulfonamides is 1. The Morgan fingerprint density at radius 3 is 2.38 bits per heavy atom. The Morgan fingerprint density at radius 2 is 1.69 bits per heavy atom. The molecule has 0 aliphatic rings. The summed E-state index contributed by atoms with van der Waals surface area (Å²) in [6.45, 7) is 2.82. The first-order valence-corrected chi connectivity index (χ1v) is 10.1. The third kappa shape index (κ3) is 6.62. The van der Waals surface area contributed by atoms with Gasteiger partial charge in [0.05, 0.1) is 10.6 Å². The van der Waals surface area contributed by atoms with Gasteiger partial charge in [-0.05, 0) is 61.0 Å². The summed E-state index contributed by atoms with van der Waals surface area (Å²) >= 11 is 0. The van der Waals surface area contributed by atoms with Gasteiger partial charge in [0, 0.05) is 30.7 Å². The summed E-state index contributed by atoms with van der Waals surface area (Å²) in [5.74, 6) is 0.0545. The molecule has 154 valence electrons. The van der Waals surface area contributed by atoms with E-state index in [-0.39, 0.29) is 17.3 Å². The van der Waals surface area contributed by atoms with E-state index in [1.165, 1.54) is 12.1 Å². The van der Waals surface area contributed by atoms with Gasteiger partial charge in [-0.15, -0.1) is 12.4 Å². The Morgan fingerprint density at radius 1 is 1.00 bits per heavy atom. The summed E-state index contributed by atoms with van der Waals surface area (Å²) < 4.78 is 46.2. The number of pyridine rings is 1. The van der Waals surface area contributed by atoms with Crippen LogP contribution in [0.3, 0.4) is 0 Å². The van der Waals surface area contributed by atoms with E-state index in [0.717, 1.165) is 23.4 Å². The summed E-state index contributed by atoms with van der Waals surface area (Å²) in [6, 6.07) is 13.5. The van der Waals surface area contributed by atoms with E-state index >= 15 is 0 Å². The maximum atomic E-state index is 13.0. The zero-order valence-corrected chi connectivity index (χ0v) is 17.3. The van der Waals surface area contributed by atoms with Gasteiger partial charge in [-0.2, -0.15) is 0 Å². The lowest BCUT2D eigenvalue weighted by Crippen LogP contribution is -2.14. The third-order valence-corrected chi connectivity index (χ3v) is 5.20. The molecule has 6 nitrogen and oxygen atoms in total. The van der Waals surface area contributed by atoms with E-state index in [0.29, 0.717) is 24.6 Å². The summed E-state index contributed by atoms with van der Waals surface area (Å²) in [5, 5.41) is 3.20. The lowest BCUT2D eigenvalue weighted by atomic mass is 10.2. The maximum absolute atomic E-state index is 13.0. The van der Waals surface area contributed by atoms with Crippen LogP contribution in [0, 0.1) is 12.7 Å². The first kappa shape index (κ1) is 22.4. The van der Waals surface area contributed by atoms with Crippen LogP contribution in [0.15, 0.2) is 71.9 Å². The second-order valence-corrected chi connectivity index (χ2v) is 7.79. The van der Waals surface area contributed by atoms with Crippen molar-refractivity contribution in [2.24, 2.45) is 0 Å². The third-order valence-electron chi connectivity index (χ3n) is 3.81. The number of nitrogens with zero attached hydrogens (tertiary/aromatic N) is 1. The van der Waals surface area contributed by atoms with Gasteiger partial charge >= 0.3 is 0 Å². The second-order valence-electron chi connectivity index (χ2n) is 6.11. The summed E-state index contributed by atoms with van der Waals surface area (Å²) in [6.07, 6.45) is 3.40. The van der Waals surface area contributed by atoms with Crippen molar-refractivity contribution in [2.75, 3.05) is 23.2 Å². The van der Waals surface area contributed by atoms with Crippen LogP contribution in [-0.2, 0) is 10.0 Å². The van der Waals surface area contributed by atoms with E-state index in [9.17, 15) is 12.8 Å². The SMILES string of the molecule is Cc1cc(NS(=O)(=O)c2ccc(F)cc2)cc(OCCNc2ccncc2)c1.Cl. The predicted molar refractivity (Wildman–Crippen MR) is 114 cm³/mol. The van der Waals surface area contributed by atoms with Gasteiger partial charge in [0.25, 0.3) is 10.0 Å². The molecular weight excluding hydrogens is 417 g/mol. The molecule has 29 heavy (non-hydrogen) atoms. The number of anilines is 2. The van der Waals surface area contributed by atoms with Gasteiger partial charge < -0.3 is 10.1 Å². The van der Waals surface area contributed by atoms with Gasteiger partial charge in [0.2, 0.25) is 0 Å². The van der Waals surface area contributed by atoms with Crippen molar-refractivity contribution in [3.8, 4) is 5.75 Å². The molecule has 0 aliphatic heterocycles. The Balaban J connectivity index is 0.00000300. The van der Waals surface area contributed by atoms with Crippen LogP contribution in [0.1, 0.15) is 5.56 Å². The zero-order chi connectivity index (χ0) is 20.0. The average Bonchev–Trinajstić information content (AvgIpc) is 2.66. The molecule has 0 saturated carbocycles. The van der Waals surface area contributed by atoms with Crippen LogP contribution in [-0.4, -0.2) is 26.6 Å². The molecule has 0 aliphatic carbocycles. The van der Waals surface area contributed by atoms with Gasteiger partial charge in [-0.1, -0.05) is 0 Å². The minimum atomic E-state index is -3.82. The van der Waals surface area contributed by atoms with Crippen molar-refractivity contribution < 1.29 is 17.5 Å². The molecule has 3 aromatic rings. The lowest BCUT2D eigenvalue weighted by molar-refractivity contribution is 0.333. The van der Waals surface area contributed by atoms with Gasteiger partial charge in [-0.25, -0.2) is 12.8 Å². The van der Waals surface area contributed by atoms with Crippen molar-refractivity contribution in [2.45, 2.75) is 11.8 Å². The van der Waals surface area contributed by atoms with Crippen molar-refractivity contribution in [3.05, 3.63) is 78.4 Å². The molecule has 0 radical (unpaired) electrons. The molecule has 0 spiro atoms. The van der Waals surface area contributed by atoms with Crippen molar-refractivity contribution in [1.82, 2.24) is 4.98 Å². The van der Waals surface area contributed by atoms with E-state index in [1.54, 1.807) is 24.5 Å². The minimum absolute atomic E-state index is 0. The van der Waals surface area contributed by atoms with Crippen molar-refractivity contribution >= 4 is 33.8 Å². The Hall–Kier alpha value is -2.84. The molecule has 0 fully saturated rings. The van der Waals surface area contributed by atoms with Crippen molar-refractivity contribution in [1.29, 1.82) is 0 Å². The average molecular weight is 438 g/mol. The molecule has 0 atom stereocenters. The highest BCUT2D eigenvalue weighted by Gasteiger charge is 2.15. The Labute approximate surface area is 175 Å². The van der Waals surface area contributed by atoms with E-state index < -0.39 is 15.8 Å². The minimum Gasteiger partial charge on any atom is -0.492 e. The van der Waals surface area contributed by atoms with Crippen LogP contribution >= 0.6 is 12.4 Å². The number of rotatable bonds is 8. The number of nitrogens with one attached hydrogen (secondary N) is 2. The highest BCUT2D eigenvalue weighted by atomic mass is 35.5. The smallest absolute Gasteiger partial charge is 0.261 e. The number of ether oxygens (including phenoxy) is 1. The zero-order valence-electron chi connectivity index (χ0n) is 15.6. The number of benzene rings is 2. The van der Waals surface area contributed by atoms with Gasteiger partial charge in [0.15, 0.2) is 0 Å². The fourth-order valence-electron chi connectivity index (χ4n) is 2.55. The Bertz CT molecular complexity index is 1030. The van der Waals surface area contributed by atoms with Crippen LogP contribution in [0.4, 0.5) is 15.8 Å². The lowest BCUT2D eigenvalue weighted by Gasteiger charge is -2.13. The van der Waals surface area contributed by atoms with Crippen LogP contribution in [0.2, 0.25) is 0 Å². The monoisotopic (exact) mass is 437 g/mol. The first-order valence-electron chi connectivity index (χ1n) is 8.59. The predicted octanol–water partition coefficient (Wildman–Crippen LogP) is 4.24. The fraction of sp³-hybridized carbons (Fsp3) is 0.150. The van der Waals surface area contributed by atoms with E-state index in [4.69, 9.17) is 4.74 Å². The Kier molecular flexibility index (Phi) is 7.81. The van der Waals surface area contributed by atoms with Crippen LogP contribution in [0.5, 0.6) is 5.75 Å². The van der Waals surface area contributed by atoms with Crippen molar-refractivity contribution in [3.63, 3.8) is 0 Å². The maximum Gasteiger partial charge on any atom is 0.261 e. The molecule has 2 aromatic carbocycles. The standard InChI is InChI=1S/C20H20FN3O3S.ClH/c1-15-12-18(24-28(25,26)20-4-2-16(21)3-5-20)14-19(13-15)27-11-10-23-17-6-8-22-9-7-17;/h2-9,12-14,24H,10-11H2,1H3,(H,22,23);1H. The molecule has 2 N–H and O–H groups in total. The summed E-state index contributed by atoms with van der Waals surface area (Å²) in [5.41, 5.74) is 2.16. The van der Waals surface area contributed by atoms with Crippen LogP contribution < -0.4 is 14.8 Å². The van der Waals surface area contributed by atoms with Crippen LogP contribution in [0.25, 0.3) is 0 Å². The molecule has 0 saturated heterocycles. The normalized spacial score (nSPS) is 10.7. The van der Waals surface area contributed by atoms with E-state index in [2.05, 4.69) is 15.0 Å². The molecule has 1 aromatic heterocycles. The molecule has 3 rings (SSSR count). The first-order chi connectivity index (χ1) is 13.4. The largest absolute Gasteiger partial charge is 0.492 e.